The molecule has 4 rings (SSSR count). The number of aromatic amines is 1. The van der Waals surface area contributed by atoms with Crippen molar-refractivity contribution in [3.8, 4) is 0 Å². The Bertz CT molecular complexity index is 1130. The van der Waals surface area contributed by atoms with Crippen LogP contribution in [0.4, 0.5) is 0 Å². The number of rotatable bonds is 6. The molecule has 0 spiro atoms. The molecular weight excluding hydrogens is 440 g/mol. The number of hydrogen-bond donors (Lipinski definition) is 2. The van der Waals surface area contributed by atoms with Gasteiger partial charge < -0.3 is 24.5 Å². The van der Waals surface area contributed by atoms with E-state index >= 15 is 0 Å². The molecule has 10 heteroatoms. The van der Waals surface area contributed by atoms with Crippen LogP contribution in [0.2, 0.25) is 0 Å². The molecule has 0 radical (unpaired) electrons. The highest BCUT2D eigenvalue weighted by Crippen LogP contribution is 2.40. The number of nitrogens with zero attached hydrogens (tertiary/aromatic N) is 3. The molecule has 2 N–H and O–H groups in total. The number of carbonyl (C=O) groups excluding carboxylic acids is 3. The second-order valence-electron chi connectivity index (χ2n) is 8.32. The lowest BCUT2D eigenvalue weighted by molar-refractivity contribution is -0.140. The van der Waals surface area contributed by atoms with E-state index in [0.29, 0.717) is 48.8 Å². The van der Waals surface area contributed by atoms with E-state index in [4.69, 9.17) is 9.47 Å². The van der Waals surface area contributed by atoms with Crippen molar-refractivity contribution in [2.24, 2.45) is 0 Å². The number of H-pyrrole nitrogens is 1. The zero-order chi connectivity index (χ0) is 24.4. The lowest BCUT2D eigenvalue weighted by Gasteiger charge is -2.30. The first-order valence-electron chi connectivity index (χ1n) is 11.1. The predicted octanol–water partition coefficient (Wildman–Crippen LogP) is 1.57. The van der Waals surface area contributed by atoms with E-state index in [-0.39, 0.29) is 17.0 Å². The minimum absolute atomic E-state index is 0.0488. The molecule has 1 unspecified atom stereocenters. The monoisotopic (exact) mass is 468 g/mol. The van der Waals surface area contributed by atoms with E-state index in [1.54, 1.807) is 38.2 Å². The number of Topliss-reactive ketones (excluding diaryl/α,β-unsaturated/α-hetero) is 1. The normalized spacial score (nSPS) is 20.7. The molecule has 1 amide bonds. The molecule has 0 bridgehead atoms. The van der Waals surface area contributed by atoms with E-state index in [0.717, 1.165) is 13.1 Å². The highest BCUT2D eigenvalue weighted by Gasteiger charge is 2.47. The Morgan fingerprint density at radius 3 is 2.62 bits per heavy atom. The molecule has 10 nitrogen and oxygen atoms in total. The fourth-order valence-electron chi connectivity index (χ4n) is 4.58. The molecule has 2 aromatic rings. The summed E-state index contributed by atoms with van der Waals surface area (Å²) in [7, 11) is 1.26. The molecule has 2 fully saturated rings. The first-order chi connectivity index (χ1) is 16.3. The number of aryl methyl sites for hydroxylation is 1. The molecular formula is C24H28N4O6. The number of amides is 1. The number of ketones is 1. The molecule has 2 aliphatic rings. The average Bonchev–Trinajstić information content (AvgIpc) is 3.30. The summed E-state index contributed by atoms with van der Waals surface area (Å²) in [6, 6.07) is 4.39. The molecule has 34 heavy (non-hydrogen) atoms. The van der Waals surface area contributed by atoms with E-state index in [2.05, 4.69) is 14.9 Å². The van der Waals surface area contributed by atoms with Crippen molar-refractivity contribution in [1.29, 1.82) is 0 Å². The molecule has 4 heterocycles. The van der Waals surface area contributed by atoms with Crippen LogP contribution in [0.3, 0.4) is 0 Å². The number of methoxy groups -OCH3 is 1. The summed E-state index contributed by atoms with van der Waals surface area (Å²) in [5.74, 6) is -2.41. The van der Waals surface area contributed by atoms with Gasteiger partial charge in [0, 0.05) is 43.6 Å². The summed E-state index contributed by atoms with van der Waals surface area (Å²) in [5, 5.41) is 11.4. The van der Waals surface area contributed by atoms with Crippen LogP contribution in [0, 0.1) is 13.8 Å². The number of morpholine rings is 1. The zero-order valence-electron chi connectivity index (χ0n) is 19.5. The largest absolute Gasteiger partial charge is 0.507 e. The summed E-state index contributed by atoms with van der Waals surface area (Å²) in [6.07, 6.45) is 1.58. The summed E-state index contributed by atoms with van der Waals surface area (Å²) >= 11 is 0. The van der Waals surface area contributed by atoms with Gasteiger partial charge in [-0.3, -0.25) is 19.5 Å². The number of likely N-dealkylation sites (tertiary alicyclic amines) is 1. The van der Waals surface area contributed by atoms with Crippen LogP contribution in [0.15, 0.2) is 30.0 Å². The van der Waals surface area contributed by atoms with Gasteiger partial charge in [0.25, 0.3) is 11.7 Å². The van der Waals surface area contributed by atoms with E-state index in [1.807, 2.05) is 0 Å². The minimum atomic E-state index is -0.850. The number of hydrogen-bond acceptors (Lipinski definition) is 8. The molecule has 0 saturated carbocycles. The number of aliphatic hydroxyl groups is 1. The average molecular weight is 469 g/mol. The predicted molar refractivity (Wildman–Crippen MR) is 122 cm³/mol. The summed E-state index contributed by atoms with van der Waals surface area (Å²) in [6.45, 7) is 6.92. The number of pyridine rings is 1. The SMILES string of the molecule is COC(=O)c1[nH]c(C)c(C(O)=C2C(=O)C(=O)N(CCN3CCOCC3)C2c2ccccn2)c1C. The number of esters is 1. The molecule has 2 saturated heterocycles. The van der Waals surface area contributed by atoms with Gasteiger partial charge in [-0.25, -0.2) is 4.79 Å². The van der Waals surface area contributed by atoms with Gasteiger partial charge >= 0.3 is 5.97 Å². The molecule has 0 aromatic carbocycles. The second kappa shape index (κ2) is 9.78. The Kier molecular flexibility index (Phi) is 6.80. The third kappa shape index (κ3) is 4.22. The van der Waals surface area contributed by atoms with Crippen LogP contribution < -0.4 is 0 Å². The maximum Gasteiger partial charge on any atom is 0.354 e. The second-order valence-corrected chi connectivity index (χ2v) is 8.32. The Labute approximate surface area is 197 Å². The Morgan fingerprint density at radius 2 is 1.97 bits per heavy atom. The Balaban J connectivity index is 1.78. The number of nitrogens with one attached hydrogen (secondary N) is 1. The zero-order valence-corrected chi connectivity index (χ0v) is 19.5. The molecule has 0 aliphatic carbocycles. The maximum atomic E-state index is 13.2. The fourth-order valence-corrected chi connectivity index (χ4v) is 4.58. The van der Waals surface area contributed by atoms with Crippen molar-refractivity contribution in [1.82, 2.24) is 19.8 Å². The fraction of sp³-hybridized carbons (Fsp3) is 0.417. The van der Waals surface area contributed by atoms with Gasteiger partial charge in [0.2, 0.25) is 0 Å². The number of carbonyl (C=O) groups is 3. The Morgan fingerprint density at radius 1 is 1.24 bits per heavy atom. The van der Waals surface area contributed by atoms with Crippen molar-refractivity contribution in [2.75, 3.05) is 46.5 Å². The maximum absolute atomic E-state index is 13.2. The number of aliphatic hydroxyl groups excluding tert-OH is 1. The molecule has 1 atom stereocenters. The van der Waals surface area contributed by atoms with Gasteiger partial charge in [-0.15, -0.1) is 0 Å². The Hall–Kier alpha value is -3.50. The van der Waals surface area contributed by atoms with Gasteiger partial charge in [-0.05, 0) is 31.5 Å². The van der Waals surface area contributed by atoms with Gasteiger partial charge in [0.1, 0.15) is 17.5 Å². The van der Waals surface area contributed by atoms with Crippen LogP contribution in [-0.4, -0.2) is 89.0 Å². The minimum Gasteiger partial charge on any atom is -0.507 e. The highest BCUT2D eigenvalue weighted by atomic mass is 16.5. The number of ether oxygens (including phenoxy) is 2. The van der Waals surface area contributed by atoms with Gasteiger partial charge in [0.15, 0.2) is 0 Å². The van der Waals surface area contributed by atoms with E-state index in [9.17, 15) is 19.5 Å². The standard InChI is InChI=1S/C24H28N4O6/c1-14-17(15(2)26-19(14)24(32)33-3)21(29)18-20(16-6-4-5-7-25-16)28(23(31)22(18)30)9-8-27-10-12-34-13-11-27/h4-7,20,26,29H,8-13H2,1-3H3. The topological polar surface area (TPSA) is 125 Å². The first kappa shape index (κ1) is 23.7. The lowest BCUT2D eigenvalue weighted by atomic mass is 9.96. The smallest absolute Gasteiger partial charge is 0.354 e. The van der Waals surface area contributed by atoms with Crippen LogP contribution in [-0.2, 0) is 19.1 Å². The first-order valence-corrected chi connectivity index (χ1v) is 11.1. The van der Waals surface area contributed by atoms with Gasteiger partial charge in [-0.1, -0.05) is 6.07 Å². The van der Waals surface area contributed by atoms with Crippen LogP contribution >= 0.6 is 0 Å². The van der Waals surface area contributed by atoms with E-state index in [1.165, 1.54) is 12.0 Å². The van der Waals surface area contributed by atoms with Crippen LogP contribution in [0.1, 0.15) is 39.0 Å². The summed E-state index contributed by atoms with van der Waals surface area (Å²) < 4.78 is 10.2. The van der Waals surface area contributed by atoms with Crippen LogP contribution in [0.5, 0.6) is 0 Å². The molecule has 2 aromatic heterocycles. The van der Waals surface area contributed by atoms with Gasteiger partial charge in [0.05, 0.1) is 31.6 Å². The third-order valence-corrected chi connectivity index (χ3v) is 6.33. The summed E-state index contributed by atoms with van der Waals surface area (Å²) in [4.78, 5) is 49.4. The van der Waals surface area contributed by atoms with Crippen molar-refractivity contribution in [2.45, 2.75) is 19.9 Å². The molecule has 2 aliphatic heterocycles. The van der Waals surface area contributed by atoms with Crippen LogP contribution in [0.25, 0.3) is 5.76 Å². The van der Waals surface area contributed by atoms with Gasteiger partial charge in [-0.2, -0.15) is 0 Å². The quantitative estimate of drug-likeness (QED) is 0.283. The lowest BCUT2D eigenvalue weighted by Crippen LogP contribution is -2.42. The molecule has 180 valence electrons. The van der Waals surface area contributed by atoms with Crippen molar-refractivity contribution >= 4 is 23.4 Å². The van der Waals surface area contributed by atoms with Crippen molar-refractivity contribution in [3.63, 3.8) is 0 Å². The summed E-state index contributed by atoms with van der Waals surface area (Å²) in [5.41, 5.74) is 1.82. The van der Waals surface area contributed by atoms with Crippen molar-refractivity contribution < 1.29 is 29.0 Å². The third-order valence-electron chi connectivity index (χ3n) is 6.33. The number of aromatic nitrogens is 2. The van der Waals surface area contributed by atoms with E-state index < -0.39 is 23.7 Å². The highest BCUT2D eigenvalue weighted by molar-refractivity contribution is 6.46. The van der Waals surface area contributed by atoms with Crippen molar-refractivity contribution in [3.05, 3.63) is 58.2 Å².